The minimum absolute atomic E-state index is 0.0756. The number of rotatable bonds is 7. The van der Waals surface area contributed by atoms with Crippen LogP contribution in [0, 0.1) is 10.1 Å². The topological polar surface area (TPSA) is 108 Å². The lowest BCUT2D eigenvalue weighted by molar-refractivity contribution is -0.385. The first-order valence-electron chi connectivity index (χ1n) is 9.42. The summed E-state index contributed by atoms with van der Waals surface area (Å²) < 4.78 is 3.09. The van der Waals surface area contributed by atoms with Crippen LogP contribution < -0.4 is 5.32 Å². The highest BCUT2D eigenvalue weighted by Crippen LogP contribution is 2.21. The molecule has 0 spiro atoms. The van der Waals surface area contributed by atoms with Crippen LogP contribution in [0.1, 0.15) is 21.5 Å². The summed E-state index contributed by atoms with van der Waals surface area (Å²) in [6, 6.07) is 14.2. The SMILES string of the molecule is O=C(Nc1nn(Cc2ccc(Cl)cc2)cc1Cl)c1ccc(Cn2cc([N+](=O)[O-])cn2)cc1. The second-order valence-electron chi connectivity index (χ2n) is 6.95. The molecule has 9 nitrogen and oxygen atoms in total. The lowest BCUT2D eigenvalue weighted by atomic mass is 10.1. The fourth-order valence-electron chi connectivity index (χ4n) is 3.00. The molecule has 2 heterocycles. The molecule has 11 heteroatoms. The van der Waals surface area contributed by atoms with Crippen molar-refractivity contribution in [3.8, 4) is 0 Å². The van der Waals surface area contributed by atoms with Crippen molar-refractivity contribution in [2.24, 2.45) is 0 Å². The molecular weight excluding hydrogens is 455 g/mol. The molecule has 0 radical (unpaired) electrons. The molecule has 1 N–H and O–H groups in total. The number of anilines is 1. The molecule has 0 aliphatic rings. The number of nitrogens with one attached hydrogen (secondary N) is 1. The van der Waals surface area contributed by atoms with Crippen LogP contribution in [0.25, 0.3) is 0 Å². The fourth-order valence-corrected chi connectivity index (χ4v) is 3.33. The summed E-state index contributed by atoms with van der Waals surface area (Å²) in [5.74, 6) is -0.0940. The van der Waals surface area contributed by atoms with Gasteiger partial charge in [0.05, 0.1) is 18.0 Å². The van der Waals surface area contributed by atoms with Crippen LogP contribution in [0.5, 0.6) is 0 Å². The van der Waals surface area contributed by atoms with Gasteiger partial charge in [0.25, 0.3) is 5.91 Å². The Kier molecular flexibility index (Phi) is 6.20. The Bertz CT molecular complexity index is 1270. The van der Waals surface area contributed by atoms with Gasteiger partial charge in [0, 0.05) is 16.8 Å². The second-order valence-corrected chi connectivity index (χ2v) is 7.80. The Balaban J connectivity index is 1.39. The van der Waals surface area contributed by atoms with E-state index in [4.69, 9.17) is 23.2 Å². The number of nitro groups is 1. The van der Waals surface area contributed by atoms with Crippen molar-refractivity contribution in [1.82, 2.24) is 19.6 Å². The zero-order chi connectivity index (χ0) is 22.7. The van der Waals surface area contributed by atoms with E-state index in [2.05, 4.69) is 15.5 Å². The van der Waals surface area contributed by atoms with Crippen molar-refractivity contribution >= 4 is 40.6 Å². The standard InChI is InChI=1S/C21H16Cl2N6O3/c22-17-7-3-15(4-8-17)11-28-13-19(23)20(26-28)25-21(30)16-5-1-14(2-6-16)10-27-12-18(9-24-27)29(31)32/h1-9,12-13H,10-11H2,(H,25,26,30). The first-order chi connectivity index (χ1) is 15.4. The summed E-state index contributed by atoms with van der Waals surface area (Å²) in [7, 11) is 0. The minimum Gasteiger partial charge on any atom is -0.304 e. The first kappa shape index (κ1) is 21.5. The van der Waals surface area contributed by atoms with Gasteiger partial charge in [0.15, 0.2) is 5.82 Å². The fraction of sp³-hybridized carbons (Fsp3) is 0.0952. The number of amides is 1. The molecule has 32 heavy (non-hydrogen) atoms. The highest BCUT2D eigenvalue weighted by molar-refractivity contribution is 6.33. The molecule has 162 valence electrons. The highest BCUT2D eigenvalue weighted by Gasteiger charge is 2.13. The number of hydrogen-bond donors (Lipinski definition) is 1. The molecule has 0 atom stereocenters. The summed E-state index contributed by atoms with van der Waals surface area (Å²) in [6.45, 7) is 0.823. The molecule has 0 aliphatic carbocycles. The van der Waals surface area contributed by atoms with Crippen LogP contribution in [0.2, 0.25) is 10.0 Å². The average molecular weight is 471 g/mol. The lowest BCUT2D eigenvalue weighted by Crippen LogP contribution is -2.13. The van der Waals surface area contributed by atoms with Gasteiger partial charge in [-0.15, -0.1) is 0 Å². The van der Waals surface area contributed by atoms with Crippen LogP contribution in [0.3, 0.4) is 0 Å². The molecule has 4 aromatic rings. The Labute approximate surface area is 192 Å². The zero-order valence-electron chi connectivity index (χ0n) is 16.5. The van der Waals surface area contributed by atoms with Crippen molar-refractivity contribution in [2.75, 3.05) is 5.32 Å². The summed E-state index contributed by atoms with van der Waals surface area (Å²) in [4.78, 5) is 22.8. The Morgan fingerprint density at radius 2 is 1.59 bits per heavy atom. The summed E-state index contributed by atoms with van der Waals surface area (Å²) in [5.41, 5.74) is 2.17. The number of carbonyl (C=O) groups excluding carboxylic acids is 1. The Morgan fingerprint density at radius 1 is 0.969 bits per heavy atom. The number of nitrogens with zero attached hydrogens (tertiary/aromatic N) is 5. The van der Waals surface area contributed by atoms with Gasteiger partial charge in [-0.3, -0.25) is 24.3 Å². The molecule has 1 amide bonds. The third kappa shape index (κ3) is 5.13. The quantitative estimate of drug-likeness (QED) is 0.312. The van der Waals surface area contributed by atoms with E-state index in [0.29, 0.717) is 28.7 Å². The van der Waals surface area contributed by atoms with E-state index in [0.717, 1.165) is 11.1 Å². The van der Waals surface area contributed by atoms with E-state index in [1.807, 2.05) is 12.1 Å². The van der Waals surface area contributed by atoms with Crippen LogP contribution in [-0.2, 0) is 13.1 Å². The van der Waals surface area contributed by atoms with Gasteiger partial charge in [-0.25, -0.2) is 0 Å². The van der Waals surface area contributed by atoms with Gasteiger partial charge < -0.3 is 5.32 Å². The van der Waals surface area contributed by atoms with Gasteiger partial charge in [-0.05, 0) is 35.4 Å². The maximum absolute atomic E-state index is 12.6. The summed E-state index contributed by atoms with van der Waals surface area (Å²) in [5, 5.41) is 22.7. The van der Waals surface area contributed by atoms with Gasteiger partial charge in [-0.1, -0.05) is 47.5 Å². The van der Waals surface area contributed by atoms with Crippen molar-refractivity contribution in [3.05, 3.63) is 104 Å². The largest absolute Gasteiger partial charge is 0.307 e. The molecule has 0 aliphatic heterocycles. The van der Waals surface area contributed by atoms with Crippen molar-refractivity contribution in [1.29, 1.82) is 0 Å². The maximum atomic E-state index is 12.6. The van der Waals surface area contributed by atoms with Crippen LogP contribution in [0.4, 0.5) is 11.5 Å². The van der Waals surface area contributed by atoms with Crippen LogP contribution >= 0.6 is 23.2 Å². The minimum atomic E-state index is -0.501. The normalized spacial score (nSPS) is 10.8. The molecule has 0 unspecified atom stereocenters. The van der Waals surface area contributed by atoms with Crippen molar-refractivity contribution in [3.63, 3.8) is 0 Å². The molecule has 0 saturated heterocycles. The highest BCUT2D eigenvalue weighted by atomic mass is 35.5. The Morgan fingerprint density at radius 3 is 2.22 bits per heavy atom. The molecule has 2 aromatic heterocycles. The number of benzene rings is 2. The van der Waals surface area contributed by atoms with Gasteiger partial charge in [0.1, 0.15) is 17.4 Å². The molecule has 4 rings (SSSR count). The number of hydrogen-bond acceptors (Lipinski definition) is 5. The molecule has 0 bridgehead atoms. The van der Waals surface area contributed by atoms with E-state index >= 15 is 0 Å². The smallest absolute Gasteiger partial charge is 0.304 e. The van der Waals surface area contributed by atoms with E-state index in [1.54, 1.807) is 47.3 Å². The van der Waals surface area contributed by atoms with Crippen LogP contribution in [-0.4, -0.2) is 30.4 Å². The third-order valence-electron chi connectivity index (χ3n) is 4.60. The van der Waals surface area contributed by atoms with Crippen molar-refractivity contribution in [2.45, 2.75) is 13.1 Å². The number of halogens is 2. The van der Waals surface area contributed by atoms with E-state index in [-0.39, 0.29) is 17.4 Å². The third-order valence-corrected chi connectivity index (χ3v) is 5.13. The Hall–Kier alpha value is -3.69. The van der Waals surface area contributed by atoms with Gasteiger partial charge in [0.2, 0.25) is 0 Å². The van der Waals surface area contributed by atoms with Crippen molar-refractivity contribution < 1.29 is 9.72 Å². The van der Waals surface area contributed by atoms with E-state index in [1.165, 1.54) is 17.1 Å². The molecule has 0 fully saturated rings. The first-order valence-corrected chi connectivity index (χ1v) is 10.2. The van der Waals surface area contributed by atoms with E-state index in [9.17, 15) is 14.9 Å². The maximum Gasteiger partial charge on any atom is 0.307 e. The second kappa shape index (κ2) is 9.21. The summed E-state index contributed by atoms with van der Waals surface area (Å²) in [6.07, 6.45) is 4.18. The molecule has 0 saturated carbocycles. The monoisotopic (exact) mass is 470 g/mol. The van der Waals surface area contributed by atoms with Gasteiger partial charge in [-0.2, -0.15) is 10.2 Å². The lowest BCUT2D eigenvalue weighted by Gasteiger charge is -2.05. The molecule has 2 aromatic carbocycles. The predicted octanol–water partition coefficient (Wildman–Crippen LogP) is 4.64. The zero-order valence-corrected chi connectivity index (χ0v) is 18.0. The van der Waals surface area contributed by atoms with Crippen LogP contribution in [0.15, 0.2) is 67.1 Å². The number of aromatic nitrogens is 4. The average Bonchev–Trinajstić information content (AvgIpc) is 3.37. The molecular formula is C21H16Cl2N6O3. The van der Waals surface area contributed by atoms with E-state index < -0.39 is 4.92 Å². The predicted molar refractivity (Wildman–Crippen MR) is 120 cm³/mol. The number of carbonyl (C=O) groups is 1. The summed E-state index contributed by atoms with van der Waals surface area (Å²) >= 11 is 12.1. The van der Waals surface area contributed by atoms with Gasteiger partial charge >= 0.3 is 5.69 Å².